The van der Waals surface area contributed by atoms with Crippen molar-refractivity contribution >= 4 is 17.0 Å². The van der Waals surface area contributed by atoms with Crippen molar-refractivity contribution in [1.29, 1.82) is 0 Å². The van der Waals surface area contributed by atoms with E-state index in [0.717, 1.165) is 26.4 Å². The molecule has 0 aliphatic carbocycles. The molecular formula is C41H82BrNO2. The lowest BCUT2D eigenvalue weighted by atomic mass is 10.1. The van der Waals surface area contributed by atoms with E-state index in [4.69, 9.17) is 9.47 Å². The Kier molecular flexibility index (Phi) is 43.7. The lowest BCUT2D eigenvalue weighted by Crippen LogP contribution is -2.32. The van der Waals surface area contributed by atoms with Crippen LogP contribution in [0.15, 0.2) is 24.3 Å². The number of hydrogen-bond acceptors (Lipinski definition) is 3. The smallest absolute Gasteiger partial charge is 0.0934 e. The first-order valence-electron chi connectivity index (χ1n) is 19.8. The molecule has 0 saturated heterocycles. The molecular weight excluding hydrogens is 618 g/mol. The molecule has 0 aromatic rings. The molecule has 4 heteroatoms. The first-order chi connectivity index (χ1) is 21.7. The number of nitrogens with zero attached hydrogens (tertiary/aromatic N) is 1. The maximum absolute atomic E-state index is 6.22. The molecule has 0 N–H and O–H groups in total. The monoisotopic (exact) mass is 700 g/mol. The Bertz CT molecular complexity index is 580. The summed E-state index contributed by atoms with van der Waals surface area (Å²) in [4.78, 5) is 2.22. The molecule has 270 valence electrons. The van der Waals surface area contributed by atoms with Gasteiger partial charge < -0.3 is 14.4 Å². The predicted molar refractivity (Wildman–Crippen MR) is 208 cm³/mol. The quantitative estimate of drug-likeness (QED) is 0.0476. The van der Waals surface area contributed by atoms with E-state index >= 15 is 0 Å². The van der Waals surface area contributed by atoms with E-state index in [1.807, 2.05) is 0 Å². The minimum absolute atomic E-state index is 0. The van der Waals surface area contributed by atoms with Gasteiger partial charge in [0.2, 0.25) is 0 Å². The highest BCUT2D eigenvalue weighted by atomic mass is 79.9. The molecule has 0 amide bonds. The maximum atomic E-state index is 6.22. The Morgan fingerprint density at radius 1 is 0.444 bits per heavy atom. The molecule has 0 heterocycles. The SMILES string of the molecule is Br.CCCCCCCCC=CCCCCCCCCOCC(CN(C)C)OCCCCCCCCC=CCCCCCCCC. The summed E-state index contributed by atoms with van der Waals surface area (Å²) < 4.78 is 12.3. The van der Waals surface area contributed by atoms with E-state index < -0.39 is 0 Å². The Hall–Kier alpha value is -0.160. The Morgan fingerprint density at radius 2 is 0.778 bits per heavy atom. The summed E-state index contributed by atoms with van der Waals surface area (Å²) in [5.41, 5.74) is 0. The average molecular weight is 701 g/mol. The topological polar surface area (TPSA) is 21.7 Å². The van der Waals surface area contributed by atoms with Crippen LogP contribution in [0.25, 0.3) is 0 Å². The van der Waals surface area contributed by atoms with Crippen LogP contribution in [0.2, 0.25) is 0 Å². The second-order valence-electron chi connectivity index (χ2n) is 13.7. The summed E-state index contributed by atoms with van der Waals surface area (Å²) in [6, 6.07) is 0. The molecule has 0 aromatic carbocycles. The van der Waals surface area contributed by atoms with Crippen LogP contribution in [0.1, 0.15) is 194 Å². The van der Waals surface area contributed by atoms with Gasteiger partial charge in [-0.2, -0.15) is 0 Å². The first-order valence-corrected chi connectivity index (χ1v) is 19.8. The Morgan fingerprint density at radius 3 is 1.16 bits per heavy atom. The minimum Gasteiger partial charge on any atom is -0.379 e. The van der Waals surface area contributed by atoms with E-state index in [-0.39, 0.29) is 23.1 Å². The molecule has 3 nitrogen and oxygen atoms in total. The Balaban J connectivity index is 0. The lowest BCUT2D eigenvalue weighted by Gasteiger charge is -2.21. The van der Waals surface area contributed by atoms with E-state index in [1.54, 1.807) is 0 Å². The van der Waals surface area contributed by atoms with Crippen LogP contribution < -0.4 is 0 Å². The number of allylic oxidation sites excluding steroid dienone is 4. The summed E-state index contributed by atoms with van der Waals surface area (Å²) >= 11 is 0. The van der Waals surface area contributed by atoms with Gasteiger partial charge in [-0.05, 0) is 78.3 Å². The molecule has 0 bridgehead atoms. The first kappa shape index (κ1) is 47.0. The molecule has 0 spiro atoms. The molecule has 0 radical (unpaired) electrons. The third-order valence-corrected chi connectivity index (χ3v) is 8.68. The number of hydrogen-bond donors (Lipinski definition) is 0. The minimum atomic E-state index is 0. The fourth-order valence-corrected chi connectivity index (χ4v) is 5.83. The number of unbranched alkanes of at least 4 members (excludes halogenated alkanes) is 24. The van der Waals surface area contributed by atoms with Gasteiger partial charge >= 0.3 is 0 Å². The summed E-state index contributed by atoms with van der Waals surface area (Å²) in [6.07, 6.45) is 47.6. The molecule has 0 fully saturated rings. The van der Waals surface area contributed by atoms with Gasteiger partial charge in [-0.3, -0.25) is 0 Å². The van der Waals surface area contributed by atoms with Crippen LogP contribution in [0.3, 0.4) is 0 Å². The average Bonchev–Trinajstić information content (AvgIpc) is 3.01. The highest BCUT2D eigenvalue weighted by Gasteiger charge is 2.10. The molecule has 0 saturated carbocycles. The summed E-state index contributed by atoms with van der Waals surface area (Å²) in [5.74, 6) is 0. The van der Waals surface area contributed by atoms with Crippen LogP contribution in [0.4, 0.5) is 0 Å². The van der Waals surface area contributed by atoms with Crippen LogP contribution in [0, 0.1) is 0 Å². The van der Waals surface area contributed by atoms with Crippen molar-refractivity contribution in [3.8, 4) is 0 Å². The van der Waals surface area contributed by atoms with Gasteiger partial charge in [-0.25, -0.2) is 0 Å². The number of likely N-dealkylation sites (N-methyl/N-ethyl adjacent to an activating group) is 1. The van der Waals surface area contributed by atoms with Crippen molar-refractivity contribution in [3.05, 3.63) is 24.3 Å². The largest absolute Gasteiger partial charge is 0.379 e. The molecule has 1 atom stereocenters. The standard InChI is InChI=1S/C41H81NO2.BrH/c1-5-7-9-11-13-15-17-19-21-23-25-27-29-31-33-35-37-43-40-41(39-42(3)4)44-38-36-34-32-30-28-26-24-22-20-18-16-14-12-10-8-6-2;/h19-22,41H,5-18,23-40H2,1-4H3;1H. The number of rotatable bonds is 37. The van der Waals surface area contributed by atoms with Crippen molar-refractivity contribution in [2.24, 2.45) is 0 Å². The highest BCUT2D eigenvalue weighted by Crippen LogP contribution is 2.12. The molecule has 1 unspecified atom stereocenters. The molecule has 0 aromatic heterocycles. The Labute approximate surface area is 294 Å². The number of ether oxygens (including phenoxy) is 2. The molecule has 0 aliphatic heterocycles. The molecule has 0 aliphatic rings. The maximum Gasteiger partial charge on any atom is 0.0934 e. The van der Waals surface area contributed by atoms with Crippen molar-refractivity contribution in [2.75, 3.05) is 40.5 Å². The predicted octanol–water partition coefficient (Wildman–Crippen LogP) is 13.6. The van der Waals surface area contributed by atoms with Crippen LogP contribution >= 0.6 is 17.0 Å². The van der Waals surface area contributed by atoms with E-state index in [0.29, 0.717) is 0 Å². The van der Waals surface area contributed by atoms with Gasteiger partial charge in [0.25, 0.3) is 0 Å². The van der Waals surface area contributed by atoms with Crippen LogP contribution in [-0.4, -0.2) is 51.5 Å². The van der Waals surface area contributed by atoms with E-state index in [2.05, 4.69) is 57.1 Å². The summed E-state index contributed by atoms with van der Waals surface area (Å²) in [5, 5.41) is 0. The zero-order valence-corrected chi connectivity index (χ0v) is 32.9. The third-order valence-electron chi connectivity index (χ3n) is 8.68. The zero-order valence-electron chi connectivity index (χ0n) is 31.2. The van der Waals surface area contributed by atoms with Crippen molar-refractivity contribution in [1.82, 2.24) is 4.90 Å². The molecule has 45 heavy (non-hydrogen) atoms. The fraction of sp³-hybridized carbons (Fsp3) is 0.902. The van der Waals surface area contributed by atoms with E-state index in [1.165, 1.54) is 180 Å². The fourth-order valence-electron chi connectivity index (χ4n) is 5.83. The van der Waals surface area contributed by atoms with Gasteiger partial charge in [0.1, 0.15) is 0 Å². The van der Waals surface area contributed by atoms with Crippen LogP contribution in [-0.2, 0) is 9.47 Å². The van der Waals surface area contributed by atoms with Gasteiger partial charge in [-0.15, -0.1) is 17.0 Å². The molecule has 0 rings (SSSR count). The normalized spacial score (nSPS) is 12.6. The van der Waals surface area contributed by atoms with Gasteiger partial charge in [0, 0.05) is 19.8 Å². The van der Waals surface area contributed by atoms with Crippen molar-refractivity contribution < 1.29 is 9.47 Å². The van der Waals surface area contributed by atoms with Crippen molar-refractivity contribution in [3.63, 3.8) is 0 Å². The van der Waals surface area contributed by atoms with Gasteiger partial charge in [0.05, 0.1) is 12.7 Å². The highest BCUT2D eigenvalue weighted by molar-refractivity contribution is 8.93. The van der Waals surface area contributed by atoms with E-state index in [9.17, 15) is 0 Å². The third kappa shape index (κ3) is 41.8. The number of halogens is 1. The second kappa shape index (κ2) is 41.9. The van der Waals surface area contributed by atoms with Crippen LogP contribution in [0.5, 0.6) is 0 Å². The summed E-state index contributed by atoms with van der Waals surface area (Å²) in [7, 11) is 4.26. The lowest BCUT2D eigenvalue weighted by molar-refractivity contribution is -0.0287. The van der Waals surface area contributed by atoms with Gasteiger partial charge in [0.15, 0.2) is 0 Å². The van der Waals surface area contributed by atoms with Crippen molar-refractivity contribution in [2.45, 2.75) is 200 Å². The summed E-state index contributed by atoms with van der Waals surface area (Å²) in [6.45, 7) is 8.00. The van der Waals surface area contributed by atoms with Gasteiger partial charge in [-0.1, -0.05) is 154 Å². The second-order valence-corrected chi connectivity index (χ2v) is 13.7. The zero-order chi connectivity index (χ0) is 32.0.